The van der Waals surface area contributed by atoms with Crippen LogP contribution in [0, 0.1) is 6.92 Å². The summed E-state index contributed by atoms with van der Waals surface area (Å²) in [5.41, 5.74) is 0.916. The Balaban J connectivity index is 0.000000606. The summed E-state index contributed by atoms with van der Waals surface area (Å²) in [6.07, 6.45) is 0. The molecule has 1 heterocycles. The summed E-state index contributed by atoms with van der Waals surface area (Å²) in [7, 11) is 0. The number of ether oxygens (including phenoxy) is 1. The van der Waals surface area contributed by atoms with Crippen molar-refractivity contribution in [1.29, 1.82) is 0 Å². The van der Waals surface area contributed by atoms with Gasteiger partial charge in [0.2, 0.25) is 0 Å². The molecule has 1 aromatic carbocycles. The SMILES string of the molecule is CC.CCOc1cc(Cl)cc2sc(C)nc12. The smallest absolute Gasteiger partial charge is 0.147 e. The maximum atomic E-state index is 5.97. The third kappa shape index (κ3) is 2.86. The number of hydrogen-bond donors (Lipinski definition) is 0. The summed E-state index contributed by atoms with van der Waals surface area (Å²) in [5.74, 6) is 0.777. The minimum atomic E-state index is 0.631. The highest BCUT2D eigenvalue weighted by Crippen LogP contribution is 2.32. The summed E-state index contributed by atoms with van der Waals surface area (Å²) in [6, 6.07) is 3.73. The number of benzene rings is 1. The molecule has 0 saturated carbocycles. The van der Waals surface area contributed by atoms with Gasteiger partial charge in [-0.2, -0.15) is 0 Å². The van der Waals surface area contributed by atoms with E-state index in [4.69, 9.17) is 16.3 Å². The quantitative estimate of drug-likeness (QED) is 0.779. The molecule has 1 aromatic heterocycles. The van der Waals surface area contributed by atoms with E-state index in [1.807, 2.05) is 39.8 Å². The van der Waals surface area contributed by atoms with Crippen molar-refractivity contribution in [2.75, 3.05) is 6.61 Å². The normalized spacial score (nSPS) is 9.81. The standard InChI is InChI=1S/C10H10ClNOS.C2H6/c1-3-13-8-4-7(11)5-9-10(8)12-6(2)14-9;1-2/h4-5H,3H2,1-2H3;1-2H3. The fourth-order valence-electron chi connectivity index (χ4n) is 1.34. The molecule has 0 aliphatic rings. The van der Waals surface area contributed by atoms with Crippen molar-refractivity contribution < 1.29 is 4.74 Å². The predicted molar refractivity (Wildman–Crippen MR) is 71.9 cm³/mol. The molecule has 0 bridgehead atoms. The molecular weight excluding hydrogens is 242 g/mol. The van der Waals surface area contributed by atoms with Crippen molar-refractivity contribution in [3.63, 3.8) is 0 Å². The maximum absolute atomic E-state index is 5.97. The van der Waals surface area contributed by atoms with E-state index in [-0.39, 0.29) is 0 Å². The van der Waals surface area contributed by atoms with Crippen molar-refractivity contribution in [2.24, 2.45) is 0 Å². The highest BCUT2D eigenvalue weighted by Gasteiger charge is 2.08. The van der Waals surface area contributed by atoms with Crippen LogP contribution in [0.25, 0.3) is 10.2 Å². The van der Waals surface area contributed by atoms with Crippen LogP contribution in [0.4, 0.5) is 0 Å². The van der Waals surface area contributed by atoms with Crippen LogP contribution in [0.1, 0.15) is 25.8 Å². The van der Waals surface area contributed by atoms with Crippen LogP contribution >= 0.6 is 22.9 Å². The van der Waals surface area contributed by atoms with Crippen molar-refractivity contribution in [1.82, 2.24) is 4.98 Å². The van der Waals surface area contributed by atoms with Crippen LogP contribution in [0.3, 0.4) is 0 Å². The first-order valence-electron chi connectivity index (χ1n) is 5.40. The molecule has 0 aliphatic heterocycles. The van der Waals surface area contributed by atoms with Gasteiger partial charge in [-0.3, -0.25) is 0 Å². The Morgan fingerprint density at radius 2 is 2.06 bits per heavy atom. The van der Waals surface area contributed by atoms with Gasteiger partial charge < -0.3 is 4.74 Å². The second kappa shape index (κ2) is 6.06. The molecule has 88 valence electrons. The van der Waals surface area contributed by atoms with E-state index < -0.39 is 0 Å². The van der Waals surface area contributed by atoms with Gasteiger partial charge in [-0.15, -0.1) is 11.3 Å². The van der Waals surface area contributed by atoms with Gasteiger partial charge >= 0.3 is 0 Å². The number of fused-ring (bicyclic) bond motifs is 1. The van der Waals surface area contributed by atoms with Gasteiger partial charge in [0.15, 0.2) is 0 Å². The van der Waals surface area contributed by atoms with Gasteiger partial charge in [0.25, 0.3) is 0 Å². The summed E-state index contributed by atoms with van der Waals surface area (Å²) in [4.78, 5) is 4.41. The van der Waals surface area contributed by atoms with Gasteiger partial charge in [-0.25, -0.2) is 4.98 Å². The van der Waals surface area contributed by atoms with E-state index in [9.17, 15) is 0 Å². The third-order valence-corrected chi connectivity index (χ3v) is 2.97. The molecule has 0 N–H and O–H groups in total. The van der Waals surface area contributed by atoms with E-state index in [1.54, 1.807) is 11.3 Å². The highest BCUT2D eigenvalue weighted by molar-refractivity contribution is 7.18. The molecular formula is C12H16ClNOS. The van der Waals surface area contributed by atoms with Crippen molar-refractivity contribution in [3.8, 4) is 5.75 Å². The highest BCUT2D eigenvalue weighted by atomic mass is 35.5. The fourth-order valence-corrected chi connectivity index (χ4v) is 2.50. The second-order valence-electron chi connectivity index (χ2n) is 2.92. The van der Waals surface area contributed by atoms with Crippen LogP contribution in [0.15, 0.2) is 12.1 Å². The van der Waals surface area contributed by atoms with E-state index in [0.717, 1.165) is 21.0 Å². The Kier molecular flexibility index (Phi) is 5.03. The van der Waals surface area contributed by atoms with Gasteiger partial charge in [0.05, 0.1) is 16.3 Å². The summed E-state index contributed by atoms with van der Waals surface area (Å²) in [5, 5.41) is 1.73. The Hall–Kier alpha value is -0.800. The lowest BCUT2D eigenvalue weighted by atomic mass is 10.3. The Bertz CT molecular complexity index is 467. The molecule has 2 nitrogen and oxygen atoms in total. The van der Waals surface area contributed by atoms with Gasteiger partial charge in [-0.1, -0.05) is 25.4 Å². The van der Waals surface area contributed by atoms with Gasteiger partial charge in [0.1, 0.15) is 11.3 Å². The van der Waals surface area contributed by atoms with Crippen molar-refractivity contribution in [2.45, 2.75) is 27.7 Å². The average molecular weight is 258 g/mol. The lowest BCUT2D eigenvalue weighted by Gasteiger charge is -2.03. The first-order valence-corrected chi connectivity index (χ1v) is 6.59. The molecule has 0 atom stereocenters. The number of halogens is 1. The molecule has 0 unspecified atom stereocenters. The van der Waals surface area contributed by atoms with Crippen molar-refractivity contribution >= 4 is 33.2 Å². The molecule has 0 aliphatic carbocycles. The van der Waals surface area contributed by atoms with E-state index in [2.05, 4.69) is 4.98 Å². The van der Waals surface area contributed by atoms with Crippen LogP contribution in [0.2, 0.25) is 5.02 Å². The van der Waals surface area contributed by atoms with E-state index >= 15 is 0 Å². The van der Waals surface area contributed by atoms with Crippen LogP contribution in [0.5, 0.6) is 5.75 Å². The van der Waals surface area contributed by atoms with E-state index in [1.165, 1.54) is 0 Å². The van der Waals surface area contributed by atoms with Crippen LogP contribution in [-0.2, 0) is 0 Å². The number of rotatable bonds is 2. The zero-order valence-corrected chi connectivity index (χ0v) is 11.6. The summed E-state index contributed by atoms with van der Waals surface area (Å²) >= 11 is 7.60. The molecule has 0 radical (unpaired) electrons. The Labute approximate surface area is 105 Å². The lowest BCUT2D eigenvalue weighted by molar-refractivity contribution is 0.344. The number of thiazole rings is 1. The fraction of sp³-hybridized carbons (Fsp3) is 0.417. The molecule has 2 aromatic rings. The lowest BCUT2D eigenvalue weighted by Crippen LogP contribution is -1.92. The first-order chi connectivity index (χ1) is 7.70. The Morgan fingerprint density at radius 1 is 1.38 bits per heavy atom. The largest absolute Gasteiger partial charge is 0.492 e. The van der Waals surface area contributed by atoms with Crippen LogP contribution in [-0.4, -0.2) is 11.6 Å². The monoisotopic (exact) mass is 257 g/mol. The van der Waals surface area contributed by atoms with Gasteiger partial charge in [0, 0.05) is 11.1 Å². The molecule has 0 fully saturated rings. The number of aromatic nitrogens is 1. The molecule has 2 rings (SSSR count). The summed E-state index contributed by atoms with van der Waals surface area (Å²) < 4.78 is 6.55. The Morgan fingerprint density at radius 3 is 2.69 bits per heavy atom. The predicted octanol–water partition coefficient (Wildman–Crippen LogP) is 4.68. The second-order valence-corrected chi connectivity index (χ2v) is 4.59. The first kappa shape index (κ1) is 13.3. The zero-order chi connectivity index (χ0) is 12.1. The van der Waals surface area contributed by atoms with Crippen molar-refractivity contribution in [3.05, 3.63) is 22.2 Å². The minimum Gasteiger partial charge on any atom is -0.492 e. The number of nitrogens with zero attached hydrogens (tertiary/aromatic N) is 1. The minimum absolute atomic E-state index is 0.631. The summed E-state index contributed by atoms with van der Waals surface area (Å²) in [6.45, 7) is 8.56. The molecule has 0 spiro atoms. The molecule has 4 heteroatoms. The van der Waals surface area contributed by atoms with Gasteiger partial charge in [-0.05, 0) is 19.9 Å². The third-order valence-electron chi connectivity index (χ3n) is 1.83. The van der Waals surface area contributed by atoms with Crippen LogP contribution < -0.4 is 4.74 Å². The number of hydrogen-bond acceptors (Lipinski definition) is 3. The molecule has 0 amide bonds. The maximum Gasteiger partial charge on any atom is 0.147 e. The average Bonchev–Trinajstić information content (AvgIpc) is 2.62. The van der Waals surface area contributed by atoms with E-state index in [0.29, 0.717) is 11.6 Å². The molecule has 16 heavy (non-hydrogen) atoms. The zero-order valence-electron chi connectivity index (χ0n) is 10.0. The number of aryl methyl sites for hydroxylation is 1. The molecule has 0 saturated heterocycles. The topological polar surface area (TPSA) is 22.1 Å².